The van der Waals surface area contributed by atoms with Crippen LogP contribution >= 0.6 is 12.2 Å². The van der Waals surface area contributed by atoms with E-state index in [0.29, 0.717) is 29.4 Å². The molecule has 0 saturated carbocycles. The first-order valence-electron chi connectivity index (χ1n) is 5.97. The highest BCUT2D eigenvalue weighted by Crippen LogP contribution is 2.20. The lowest BCUT2D eigenvalue weighted by atomic mass is 10.1. The summed E-state index contributed by atoms with van der Waals surface area (Å²) in [6, 6.07) is 8.96. The average Bonchev–Trinajstić information content (AvgIpc) is 2.39. The second kappa shape index (κ2) is 5.75. The second-order valence-electron chi connectivity index (χ2n) is 3.96. The minimum Gasteiger partial charge on any atom is -0.479 e. The van der Waals surface area contributed by atoms with Gasteiger partial charge in [-0.15, -0.1) is 0 Å². The van der Waals surface area contributed by atoms with E-state index in [2.05, 4.69) is 9.97 Å². The van der Waals surface area contributed by atoms with Gasteiger partial charge in [0.2, 0.25) is 11.7 Å². The van der Waals surface area contributed by atoms with Crippen LogP contribution in [0, 0.1) is 11.6 Å². The highest BCUT2D eigenvalue weighted by atomic mass is 32.1. The topological polar surface area (TPSA) is 55.0 Å². The van der Waals surface area contributed by atoms with Gasteiger partial charge in [0.05, 0.1) is 6.61 Å². The zero-order valence-electron chi connectivity index (χ0n) is 10.8. The number of carbonyl (C=O) groups is 1. The molecule has 1 aromatic carbocycles. The molecule has 5 heteroatoms. The summed E-state index contributed by atoms with van der Waals surface area (Å²) in [6.07, 6.45) is 0. The summed E-state index contributed by atoms with van der Waals surface area (Å²) in [5.74, 6) is 0.824. The van der Waals surface area contributed by atoms with Gasteiger partial charge in [0.15, 0.2) is 0 Å². The maximum Gasteiger partial charge on any atom is 0.206 e. The number of ketones is 1. The van der Waals surface area contributed by atoms with E-state index in [1.54, 1.807) is 19.1 Å². The second-order valence-corrected chi connectivity index (χ2v) is 4.35. The zero-order valence-corrected chi connectivity index (χ0v) is 11.6. The third-order valence-corrected chi connectivity index (χ3v) is 2.85. The summed E-state index contributed by atoms with van der Waals surface area (Å²) in [4.78, 5) is 19.5. The maximum atomic E-state index is 12.5. The van der Waals surface area contributed by atoms with Gasteiger partial charge in [-0.1, -0.05) is 42.5 Å². The van der Waals surface area contributed by atoms with Gasteiger partial charge < -0.3 is 9.72 Å². The first kappa shape index (κ1) is 13.4. The van der Waals surface area contributed by atoms with Gasteiger partial charge in [0, 0.05) is 5.56 Å². The van der Waals surface area contributed by atoms with E-state index in [-0.39, 0.29) is 10.4 Å². The van der Waals surface area contributed by atoms with Crippen molar-refractivity contribution in [3.05, 3.63) is 51.9 Å². The summed E-state index contributed by atoms with van der Waals surface area (Å²) < 4.78 is 5.72. The Balaban J connectivity index is 2.56. The first-order valence-corrected chi connectivity index (χ1v) is 6.37. The molecule has 0 spiro atoms. The number of benzene rings is 1. The number of H-pyrrole nitrogens is 1. The number of nitrogens with one attached hydrogen (secondary N) is 1. The molecule has 0 fully saturated rings. The summed E-state index contributed by atoms with van der Waals surface area (Å²) in [5.41, 5.74) is 0.877. The number of hydrogen-bond donors (Lipinski definition) is 1. The monoisotopic (exact) mass is 274 g/mol. The third-order valence-electron chi connectivity index (χ3n) is 2.56. The average molecular weight is 274 g/mol. The van der Waals surface area contributed by atoms with Crippen LogP contribution in [0.2, 0.25) is 0 Å². The highest BCUT2D eigenvalue weighted by Gasteiger charge is 2.18. The van der Waals surface area contributed by atoms with Crippen LogP contribution in [-0.2, 0) is 0 Å². The minimum atomic E-state index is -0.183. The van der Waals surface area contributed by atoms with Crippen LogP contribution < -0.4 is 4.74 Å². The van der Waals surface area contributed by atoms with Gasteiger partial charge >= 0.3 is 0 Å². The molecule has 0 radical (unpaired) electrons. The molecule has 0 aliphatic rings. The molecule has 98 valence electrons. The lowest BCUT2D eigenvalue weighted by molar-refractivity contribution is 0.103. The highest BCUT2D eigenvalue weighted by molar-refractivity contribution is 7.71. The molecule has 0 unspecified atom stereocenters. The molecule has 1 aromatic heterocycles. The fraction of sp³-hybridized carbons (Fsp3) is 0.214. The van der Waals surface area contributed by atoms with Crippen molar-refractivity contribution in [2.75, 3.05) is 6.61 Å². The molecule has 0 aliphatic heterocycles. The van der Waals surface area contributed by atoms with Crippen molar-refractivity contribution in [2.45, 2.75) is 13.8 Å². The number of aromatic nitrogens is 2. The van der Waals surface area contributed by atoms with E-state index in [0.717, 1.165) is 0 Å². The molecule has 0 amide bonds. The van der Waals surface area contributed by atoms with E-state index in [1.807, 2.05) is 25.1 Å². The number of ether oxygens (including phenoxy) is 1. The van der Waals surface area contributed by atoms with Crippen molar-refractivity contribution in [3.8, 4) is 5.88 Å². The molecular formula is C14H14N2O2S. The standard InChI is InChI=1S/C14H14N2O2S/c1-3-18-13-11(14(19)16-9(2)15-13)12(17)10-7-5-4-6-8-10/h4-8H,3H2,1-2H3,(H,15,16,19). The van der Waals surface area contributed by atoms with E-state index >= 15 is 0 Å². The van der Waals surface area contributed by atoms with Crippen molar-refractivity contribution in [1.82, 2.24) is 9.97 Å². The Morgan fingerprint density at radius 2 is 2.05 bits per heavy atom. The van der Waals surface area contributed by atoms with Gasteiger partial charge in [0.1, 0.15) is 16.0 Å². The lowest BCUT2D eigenvalue weighted by Gasteiger charge is -2.10. The fourth-order valence-electron chi connectivity index (χ4n) is 1.75. The van der Waals surface area contributed by atoms with E-state index in [4.69, 9.17) is 17.0 Å². The Morgan fingerprint density at radius 3 is 2.68 bits per heavy atom. The Hall–Kier alpha value is -2.01. The third kappa shape index (κ3) is 2.88. The molecule has 0 aliphatic carbocycles. The van der Waals surface area contributed by atoms with Gasteiger partial charge in [0.25, 0.3) is 0 Å². The van der Waals surface area contributed by atoms with Crippen LogP contribution in [0.4, 0.5) is 0 Å². The number of hydrogen-bond acceptors (Lipinski definition) is 4. The van der Waals surface area contributed by atoms with Gasteiger partial charge in [-0.05, 0) is 13.8 Å². The van der Waals surface area contributed by atoms with Crippen LogP contribution in [0.3, 0.4) is 0 Å². The Morgan fingerprint density at radius 1 is 1.37 bits per heavy atom. The van der Waals surface area contributed by atoms with Crippen molar-refractivity contribution in [2.24, 2.45) is 0 Å². The summed E-state index contributed by atoms with van der Waals surface area (Å²) in [5, 5.41) is 0. The predicted octanol–water partition coefficient (Wildman–Crippen LogP) is 3.08. The predicted molar refractivity (Wildman–Crippen MR) is 75.2 cm³/mol. The number of aryl methyl sites for hydroxylation is 1. The van der Waals surface area contributed by atoms with Crippen LogP contribution in [0.25, 0.3) is 0 Å². The Kier molecular flexibility index (Phi) is 4.06. The summed E-state index contributed by atoms with van der Waals surface area (Å²) in [7, 11) is 0. The number of carbonyl (C=O) groups excluding carboxylic acids is 1. The van der Waals surface area contributed by atoms with Gasteiger partial charge in [-0.2, -0.15) is 0 Å². The first-order chi connectivity index (χ1) is 9.13. The Bertz CT molecular complexity index is 650. The van der Waals surface area contributed by atoms with Crippen LogP contribution in [0.15, 0.2) is 30.3 Å². The molecular weight excluding hydrogens is 260 g/mol. The summed E-state index contributed by atoms with van der Waals surface area (Å²) in [6.45, 7) is 4.07. The van der Waals surface area contributed by atoms with Crippen LogP contribution in [0.5, 0.6) is 5.88 Å². The molecule has 4 nitrogen and oxygen atoms in total. The smallest absolute Gasteiger partial charge is 0.206 e. The molecule has 19 heavy (non-hydrogen) atoms. The molecule has 1 heterocycles. The number of aromatic amines is 1. The molecule has 2 aromatic rings. The quantitative estimate of drug-likeness (QED) is 0.687. The van der Waals surface area contributed by atoms with Crippen molar-refractivity contribution in [1.29, 1.82) is 0 Å². The molecule has 0 bridgehead atoms. The largest absolute Gasteiger partial charge is 0.479 e. The van der Waals surface area contributed by atoms with Gasteiger partial charge in [-0.3, -0.25) is 4.79 Å². The van der Waals surface area contributed by atoms with E-state index in [1.165, 1.54) is 0 Å². The SMILES string of the molecule is CCOc1[nH]c(C)nc(=S)c1C(=O)c1ccccc1. The maximum absolute atomic E-state index is 12.5. The molecule has 0 saturated heterocycles. The van der Waals surface area contributed by atoms with Crippen molar-refractivity contribution in [3.63, 3.8) is 0 Å². The Labute approximate surface area is 116 Å². The number of nitrogens with zero attached hydrogens (tertiary/aromatic N) is 1. The summed E-state index contributed by atoms with van der Waals surface area (Å²) >= 11 is 5.19. The van der Waals surface area contributed by atoms with Gasteiger partial charge in [-0.25, -0.2) is 4.98 Å². The molecule has 2 rings (SSSR count). The van der Waals surface area contributed by atoms with E-state index in [9.17, 15) is 4.79 Å². The lowest BCUT2D eigenvalue weighted by Crippen LogP contribution is -2.10. The van der Waals surface area contributed by atoms with Crippen LogP contribution in [0.1, 0.15) is 28.7 Å². The van der Waals surface area contributed by atoms with E-state index < -0.39 is 0 Å². The molecule has 1 N–H and O–H groups in total. The fourth-order valence-corrected chi connectivity index (χ4v) is 2.07. The number of rotatable bonds is 4. The van der Waals surface area contributed by atoms with Crippen LogP contribution in [-0.4, -0.2) is 22.4 Å². The molecule has 0 atom stereocenters. The minimum absolute atomic E-state index is 0.183. The zero-order chi connectivity index (χ0) is 13.8. The van der Waals surface area contributed by atoms with Crippen molar-refractivity contribution >= 4 is 18.0 Å². The van der Waals surface area contributed by atoms with Crippen molar-refractivity contribution < 1.29 is 9.53 Å². The normalized spacial score (nSPS) is 10.2.